The summed E-state index contributed by atoms with van der Waals surface area (Å²) in [5, 5.41) is 17.4. The Labute approximate surface area is 154 Å². The quantitative estimate of drug-likeness (QED) is 0.759. The smallest absolute Gasteiger partial charge is 0.220 e. The molecule has 142 valence electrons. The molecule has 6 heteroatoms. The molecule has 0 aliphatic carbocycles. The molecule has 0 saturated heterocycles. The summed E-state index contributed by atoms with van der Waals surface area (Å²) in [4.78, 5) is 12.1. The van der Waals surface area contributed by atoms with Crippen molar-refractivity contribution in [2.75, 3.05) is 6.54 Å². The monoisotopic (exact) mass is 361 g/mol. The van der Waals surface area contributed by atoms with Gasteiger partial charge in [-0.15, -0.1) is 0 Å². The van der Waals surface area contributed by atoms with Crippen LogP contribution < -0.4 is 5.32 Å². The van der Waals surface area contributed by atoms with Gasteiger partial charge in [0.15, 0.2) is 0 Å². The Balaban J connectivity index is 1.85. The Morgan fingerprint density at radius 3 is 2.54 bits per heavy atom. The Kier molecular flexibility index (Phi) is 6.91. The molecule has 0 saturated carbocycles. The van der Waals surface area contributed by atoms with Crippen LogP contribution in [-0.2, 0) is 17.8 Å². The molecule has 1 unspecified atom stereocenters. The summed E-state index contributed by atoms with van der Waals surface area (Å²) in [6.07, 6.45) is 0.108. The van der Waals surface area contributed by atoms with E-state index in [0.29, 0.717) is 24.3 Å². The zero-order chi connectivity index (χ0) is 19.3. The predicted molar refractivity (Wildman–Crippen MR) is 99.2 cm³/mol. The number of benzene rings is 1. The van der Waals surface area contributed by atoms with Gasteiger partial charge in [-0.2, -0.15) is 5.10 Å². The molecule has 1 aromatic heterocycles. The van der Waals surface area contributed by atoms with Crippen LogP contribution >= 0.6 is 0 Å². The Morgan fingerprint density at radius 1 is 1.27 bits per heavy atom. The van der Waals surface area contributed by atoms with E-state index in [-0.39, 0.29) is 18.3 Å². The third kappa shape index (κ3) is 5.39. The lowest BCUT2D eigenvalue weighted by atomic mass is 10.1. The van der Waals surface area contributed by atoms with E-state index >= 15 is 0 Å². The summed E-state index contributed by atoms with van der Waals surface area (Å²) in [6.45, 7) is 9.27. The van der Waals surface area contributed by atoms with Gasteiger partial charge >= 0.3 is 0 Å². The van der Waals surface area contributed by atoms with Crippen molar-refractivity contribution in [2.45, 2.75) is 53.2 Å². The minimum Gasteiger partial charge on any atom is -0.387 e. The normalized spacial score (nSPS) is 12.4. The van der Waals surface area contributed by atoms with Crippen LogP contribution in [-0.4, -0.2) is 27.3 Å². The molecule has 2 aromatic rings. The zero-order valence-corrected chi connectivity index (χ0v) is 15.9. The SMILES string of the molecule is Cc1nn(CC(C)C)c(C)c1CCC(=O)NCC(O)c1ccc(F)cc1. The van der Waals surface area contributed by atoms with Crippen LogP contribution in [0.4, 0.5) is 4.39 Å². The van der Waals surface area contributed by atoms with Crippen molar-refractivity contribution in [3.05, 3.63) is 52.6 Å². The minimum atomic E-state index is -0.850. The second kappa shape index (κ2) is 8.94. The summed E-state index contributed by atoms with van der Waals surface area (Å²) in [5.74, 6) is 0.0346. The van der Waals surface area contributed by atoms with Gasteiger partial charge in [0.1, 0.15) is 5.82 Å². The molecule has 0 bridgehead atoms. The standard InChI is InChI=1S/C20H28FN3O2/c1-13(2)12-24-15(4)18(14(3)23-24)9-10-20(26)22-11-19(25)16-5-7-17(21)8-6-16/h5-8,13,19,25H,9-12H2,1-4H3,(H,22,26). The lowest BCUT2D eigenvalue weighted by molar-refractivity contribution is -0.121. The molecule has 26 heavy (non-hydrogen) atoms. The number of aliphatic hydroxyl groups excluding tert-OH is 1. The Hall–Kier alpha value is -2.21. The molecule has 5 nitrogen and oxygen atoms in total. The average Bonchev–Trinajstić information content (AvgIpc) is 2.84. The number of amides is 1. The second-order valence-corrected chi connectivity index (χ2v) is 7.10. The number of hydrogen-bond acceptors (Lipinski definition) is 3. The van der Waals surface area contributed by atoms with Gasteiger partial charge in [-0.05, 0) is 49.4 Å². The number of halogens is 1. The fraction of sp³-hybridized carbons (Fsp3) is 0.500. The summed E-state index contributed by atoms with van der Waals surface area (Å²) in [7, 11) is 0. The first kappa shape index (κ1) is 20.1. The predicted octanol–water partition coefficient (Wildman–Crippen LogP) is 3.08. The second-order valence-electron chi connectivity index (χ2n) is 7.10. The lowest BCUT2D eigenvalue weighted by Gasteiger charge is -2.12. The molecule has 0 aliphatic rings. The van der Waals surface area contributed by atoms with E-state index in [4.69, 9.17) is 0 Å². The molecular weight excluding hydrogens is 333 g/mol. The molecule has 1 atom stereocenters. The minimum absolute atomic E-state index is 0.106. The molecule has 0 radical (unpaired) electrons. The van der Waals surface area contributed by atoms with Crippen LogP contribution in [0.3, 0.4) is 0 Å². The lowest BCUT2D eigenvalue weighted by Crippen LogP contribution is -2.28. The van der Waals surface area contributed by atoms with Crippen molar-refractivity contribution in [1.82, 2.24) is 15.1 Å². The van der Waals surface area contributed by atoms with Crippen molar-refractivity contribution < 1.29 is 14.3 Å². The van der Waals surface area contributed by atoms with E-state index < -0.39 is 6.10 Å². The maximum Gasteiger partial charge on any atom is 0.220 e. The highest BCUT2D eigenvalue weighted by molar-refractivity contribution is 5.76. The molecular formula is C20H28FN3O2. The van der Waals surface area contributed by atoms with Crippen molar-refractivity contribution in [3.63, 3.8) is 0 Å². The van der Waals surface area contributed by atoms with E-state index in [9.17, 15) is 14.3 Å². The first-order valence-corrected chi connectivity index (χ1v) is 9.01. The van der Waals surface area contributed by atoms with Crippen LogP contribution in [0.1, 0.15) is 48.9 Å². The first-order valence-electron chi connectivity index (χ1n) is 9.01. The van der Waals surface area contributed by atoms with E-state index in [1.165, 1.54) is 24.3 Å². The van der Waals surface area contributed by atoms with Gasteiger partial charge in [-0.25, -0.2) is 4.39 Å². The summed E-state index contributed by atoms with van der Waals surface area (Å²) in [6, 6.07) is 5.62. The van der Waals surface area contributed by atoms with E-state index in [2.05, 4.69) is 24.3 Å². The van der Waals surface area contributed by atoms with Crippen molar-refractivity contribution in [2.24, 2.45) is 5.92 Å². The van der Waals surface area contributed by atoms with Crippen LogP contribution in [0.5, 0.6) is 0 Å². The maximum atomic E-state index is 12.9. The van der Waals surface area contributed by atoms with Gasteiger partial charge in [-0.1, -0.05) is 26.0 Å². The number of rotatable bonds is 8. The van der Waals surface area contributed by atoms with E-state index in [1.54, 1.807) is 0 Å². The molecule has 1 amide bonds. The number of carbonyl (C=O) groups is 1. The van der Waals surface area contributed by atoms with Crippen molar-refractivity contribution >= 4 is 5.91 Å². The fourth-order valence-electron chi connectivity index (χ4n) is 2.96. The van der Waals surface area contributed by atoms with Crippen LogP contribution in [0.2, 0.25) is 0 Å². The van der Waals surface area contributed by atoms with Gasteiger partial charge in [0, 0.05) is 25.2 Å². The summed E-state index contributed by atoms with van der Waals surface area (Å²) in [5.41, 5.74) is 3.76. The van der Waals surface area contributed by atoms with Crippen LogP contribution in [0, 0.1) is 25.6 Å². The molecule has 0 aliphatic heterocycles. The number of aryl methyl sites for hydroxylation is 1. The number of aromatic nitrogens is 2. The van der Waals surface area contributed by atoms with Crippen molar-refractivity contribution in [3.8, 4) is 0 Å². The molecule has 1 aromatic carbocycles. The highest BCUT2D eigenvalue weighted by Gasteiger charge is 2.15. The fourth-order valence-corrected chi connectivity index (χ4v) is 2.96. The van der Waals surface area contributed by atoms with Gasteiger partial charge in [-0.3, -0.25) is 9.48 Å². The topological polar surface area (TPSA) is 67.2 Å². The number of nitrogens with one attached hydrogen (secondary N) is 1. The first-order chi connectivity index (χ1) is 12.3. The molecule has 0 spiro atoms. The van der Waals surface area contributed by atoms with E-state index in [1.807, 2.05) is 18.5 Å². The molecule has 0 fully saturated rings. The number of carbonyl (C=O) groups excluding carboxylic acids is 1. The van der Waals surface area contributed by atoms with Gasteiger partial charge < -0.3 is 10.4 Å². The third-order valence-corrected chi connectivity index (χ3v) is 4.42. The van der Waals surface area contributed by atoms with Crippen molar-refractivity contribution in [1.29, 1.82) is 0 Å². The largest absolute Gasteiger partial charge is 0.387 e. The Morgan fingerprint density at radius 2 is 1.92 bits per heavy atom. The highest BCUT2D eigenvalue weighted by Crippen LogP contribution is 2.17. The number of hydrogen-bond donors (Lipinski definition) is 2. The van der Waals surface area contributed by atoms with Crippen LogP contribution in [0.25, 0.3) is 0 Å². The zero-order valence-electron chi connectivity index (χ0n) is 15.9. The number of aliphatic hydroxyl groups is 1. The Bertz CT molecular complexity index is 738. The maximum absolute atomic E-state index is 12.9. The molecule has 2 rings (SSSR count). The van der Waals surface area contributed by atoms with Gasteiger partial charge in [0.25, 0.3) is 0 Å². The average molecular weight is 361 g/mol. The van der Waals surface area contributed by atoms with Gasteiger partial charge in [0.2, 0.25) is 5.91 Å². The molecule has 2 N–H and O–H groups in total. The van der Waals surface area contributed by atoms with Gasteiger partial charge in [0.05, 0.1) is 11.8 Å². The molecule has 1 heterocycles. The third-order valence-electron chi connectivity index (χ3n) is 4.42. The number of nitrogens with zero attached hydrogens (tertiary/aromatic N) is 2. The van der Waals surface area contributed by atoms with Crippen LogP contribution in [0.15, 0.2) is 24.3 Å². The van der Waals surface area contributed by atoms with E-state index in [0.717, 1.165) is 23.5 Å². The highest BCUT2D eigenvalue weighted by atomic mass is 19.1. The summed E-state index contributed by atoms with van der Waals surface area (Å²) < 4.78 is 14.9. The summed E-state index contributed by atoms with van der Waals surface area (Å²) >= 11 is 0.